The van der Waals surface area contributed by atoms with Crippen molar-refractivity contribution in [3.8, 4) is 0 Å². The number of carbonyl (C=O) groups is 2. The van der Waals surface area contributed by atoms with Crippen LogP contribution in [-0.2, 0) is 16.0 Å². The third-order valence-corrected chi connectivity index (χ3v) is 4.14. The second-order valence-corrected chi connectivity index (χ2v) is 7.23. The highest BCUT2D eigenvalue weighted by molar-refractivity contribution is 5.90. The number of amides is 1. The van der Waals surface area contributed by atoms with Crippen LogP contribution in [0.1, 0.15) is 43.6 Å². The first-order chi connectivity index (χ1) is 11.2. The van der Waals surface area contributed by atoms with Crippen LogP contribution in [0.4, 0.5) is 4.79 Å². The zero-order chi connectivity index (χ0) is 17.6. The summed E-state index contributed by atoms with van der Waals surface area (Å²) >= 11 is 0. The number of benzene rings is 1. The fraction of sp³-hybridized carbons (Fsp3) is 0.444. The van der Waals surface area contributed by atoms with Gasteiger partial charge in [-0.1, -0.05) is 11.6 Å². The second kappa shape index (κ2) is 5.54. The van der Waals surface area contributed by atoms with Gasteiger partial charge in [-0.05, 0) is 51.8 Å². The topological polar surface area (TPSA) is 82.6 Å². The van der Waals surface area contributed by atoms with Crippen LogP contribution in [-0.4, -0.2) is 39.2 Å². The van der Waals surface area contributed by atoms with Crippen molar-refractivity contribution in [3.63, 3.8) is 0 Å². The number of H-pyrrole nitrogens is 1. The first-order valence-electron chi connectivity index (χ1n) is 8.01. The molecule has 24 heavy (non-hydrogen) atoms. The van der Waals surface area contributed by atoms with E-state index in [1.165, 1.54) is 4.90 Å². The van der Waals surface area contributed by atoms with Crippen LogP contribution >= 0.6 is 0 Å². The summed E-state index contributed by atoms with van der Waals surface area (Å²) < 4.78 is 5.38. The number of rotatable bonds is 1. The van der Waals surface area contributed by atoms with E-state index in [0.29, 0.717) is 18.7 Å². The van der Waals surface area contributed by atoms with E-state index in [1.807, 2.05) is 25.1 Å². The molecule has 1 amide bonds. The fourth-order valence-electron chi connectivity index (χ4n) is 3.18. The third-order valence-electron chi connectivity index (χ3n) is 4.14. The molecule has 6 heteroatoms. The van der Waals surface area contributed by atoms with Crippen LogP contribution in [0.2, 0.25) is 0 Å². The van der Waals surface area contributed by atoms with Gasteiger partial charge in [-0.25, -0.2) is 9.59 Å². The lowest BCUT2D eigenvalue weighted by Crippen LogP contribution is -2.45. The maximum Gasteiger partial charge on any atom is 0.411 e. The molecular formula is C18H22N2O4. The predicted molar refractivity (Wildman–Crippen MR) is 90.1 cm³/mol. The van der Waals surface area contributed by atoms with Crippen molar-refractivity contribution < 1.29 is 19.4 Å². The van der Waals surface area contributed by atoms with Crippen LogP contribution in [0.5, 0.6) is 0 Å². The van der Waals surface area contributed by atoms with Crippen LogP contribution in [0.25, 0.3) is 10.9 Å². The lowest BCUT2D eigenvalue weighted by molar-refractivity contribution is -0.144. The molecule has 0 saturated heterocycles. The molecule has 6 nitrogen and oxygen atoms in total. The standard InChI is InChI=1S/C18H22N2O4/c1-10-5-6-13-12(9-10)11-7-8-20(17(23)24-18(2,3)4)15(16(21)22)14(11)19-13/h5-6,9,15,19H,7-8H2,1-4H3,(H,21,22). The monoisotopic (exact) mass is 330 g/mol. The molecule has 1 aromatic heterocycles. The molecule has 3 rings (SSSR count). The Morgan fingerprint density at radius 1 is 1.33 bits per heavy atom. The Bertz CT molecular complexity index is 816. The van der Waals surface area contributed by atoms with E-state index < -0.39 is 23.7 Å². The van der Waals surface area contributed by atoms with E-state index in [0.717, 1.165) is 22.0 Å². The van der Waals surface area contributed by atoms with Crippen molar-refractivity contribution in [1.82, 2.24) is 9.88 Å². The van der Waals surface area contributed by atoms with E-state index in [4.69, 9.17) is 4.74 Å². The first kappa shape index (κ1) is 16.4. The number of fused-ring (bicyclic) bond motifs is 3. The number of aromatic nitrogens is 1. The van der Waals surface area contributed by atoms with Crippen LogP contribution in [0.3, 0.4) is 0 Å². The van der Waals surface area contributed by atoms with E-state index >= 15 is 0 Å². The van der Waals surface area contributed by atoms with Gasteiger partial charge in [-0.3, -0.25) is 4.90 Å². The molecule has 1 aliphatic rings. The molecule has 0 saturated carbocycles. The zero-order valence-corrected chi connectivity index (χ0v) is 14.3. The average Bonchev–Trinajstić information content (AvgIpc) is 2.81. The maximum atomic E-state index is 12.4. The van der Waals surface area contributed by atoms with Gasteiger partial charge in [0.2, 0.25) is 0 Å². The molecule has 1 aromatic carbocycles. The minimum absolute atomic E-state index is 0.319. The maximum absolute atomic E-state index is 12.4. The van der Waals surface area contributed by atoms with Gasteiger partial charge in [0.15, 0.2) is 6.04 Å². The Kier molecular flexibility index (Phi) is 3.78. The number of nitrogens with zero attached hydrogens (tertiary/aromatic N) is 1. The van der Waals surface area contributed by atoms with Crippen molar-refractivity contribution >= 4 is 23.0 Å². The van der Waals surface area contributed by atoms with E-state index in [-0.39, 0.29) is 0 Å². The Morgan fingerprint density at radius 2 is 2.04 bits per heavy atom. The van der Waals surface area contributed by atoms with Gasteiger partial charge in [0.05, 0.1) is 5.69 Å². The number of nitrogens with one attached hydrogen (secondary N) is 1. The summed E-state index contributed by atoms with van der Waals surface area (Å²) in [4.78, 5) is 28.8. The molecule has 0 radical (unpaired) electrons. The summed E-state index contributed by atoms with van der Waals surface area (Å²) in [5.74, 6) is -1.06. The summed E-state index contributed by atoms with van der Waals surface area (Å²) in [6.07, 6.45) is -0.00248. The molecule has 2 N–H and O–H groups in total. The van der Waals surface area contributed by atoms with Crippen molar-refractivity contribution in [2.24, 2.45) is 0 Å². The quantitative estimate of drug-likeness (QED) is 0.839. The van der Waals surface area contributed by atoms with Gasteiger partial charge < -0.3 is 14.8 Å². The van der Waals surface area contributed by atoms with Gasteiger partial charge in [-0.15, -0.1) is 0 Å². The van der Waals surface area contributed by atoms with Crippen LogP contribution in [0.15, 0.2) is 18.2 Å². The van der Waals surface area contributed by atoms with Crippen LogP contribution < -0.4 is 0 Å². The molecule has 128 valence electrons. The lowest BCUT2D eigenvalue weighted by Gasteiger charge is -2.34. The Balaban J connectivity index is 2.05. The van der Waals surface area contributed by atoms with Crippen molar-refractivity contribution in [1.29, 1.82) is 0 Å². The van der Waals surface area contributed by atoms with Crippen molar-refractivity contribution in [3.05, 3.63) is 35.0 Å². The number of aromatic amines is 1. The number of hydrogen-bond donors (Lipinski definition) is 2. The summed E-state index contributed by atoms with van der Waals surface area (Å²) in [5, 5.41) is 10.7. The van der Waals surface area contributed by atoms with Gasteiger partial charge in [0, 0.05) is 17.4 Å². The number of hydrogen-bond acceptors (Lipinski definition) is 3. The highest BCUT2D eigenvalue weighted by Gasteiger charge is 2.40. The summed E-state index contributed by atoms with van der Waals surface area (Å²) in [7, 11) is 0. The average molecular weight is 330 g/mol. The number of carbonyl (C=O) groups excluding carboxylic acids is 1. The summed E-state index contributed by atoms with van der Waals surface area (Å²) in [6, 6.07) is 4.91. The number of carboxylic acids is 1. The Morgan fingerprint density at radius 3 is 2.67 bits per heavy atom. The Labute approximate surface area is 140 Å². The smallest absolute Gasteiger partial charge is 0.411 e. The Hall–Kier alpha value is -2.50. The number of carboxylic acid groups (broad SMARTS) is 1. The molecule has 1 atom stereocenters. The normalized spacial score (nSPS) is 17.7. The molecule has 2 heterocycles. The number of aryl methyl sites for hydroxylation is 1. The zero-order valence-electron chi connectivity index (χ0n) is 14.3. The van der Waals surface area contributed by atoms with Gasteiger partial charge in [-0.2, -0.15) is 0 Å². The predicted octanol–water partition coefficient (Wildman–Crippen LogP) is 3.40. The molecule has 1 aliphatic heterocycles. The highest BCUT2D eigenvalue weighted by Crippen LogP contribution is 2.35. The van der Waals surface area contributed by atoms with Crippen molar-refractivity contribution in [2.75, 3.05) is 6.54 Å². The highest BCUT2D eigenvalue weighted by atomic mass is 16.6. The van der Waals surface area contributed by atoms with E-state index in [2.05, 4.69) is 4.98 Å². The second-order valence-electron chi connectivity index (χ2n) is 7.23. The molecule has 0 spiro atoms. The molecule has 2 aromatic rings. The van der Waals surface area contributed by atoms with E-state index in [1.54, 1.807) is 20.8 Å². The molecule has 0 bridgehead atoms. The van der Waals surface area contributed by atoms with Crippen LogP contribution in [0, 0.1) is 6.92 Å². The van der Waals surface area contributed by atoms with E-state index in [9.17, 15) is 14.7 Å². The molecule has 0 aliphatic carbocycles. The fourth-order valence-corrected chi connectivity index (χ4v) is 3.18. The van der Waals surface area contributed by atoms with Crippen molar-refractivity contribution in [2.45, 2.75) is 45.8 Å². The SMILES string of the molecule is Cc1ccc2[nH]c3c(c2c1)CCN(C(=O)OC(C)(C)C)C3C(=O)O. The summed E-state index contributed by atoms with van der Waals surface area (Å²) in [6.45, 7) is 7.62. The van der Waals surface area contributed by atoms with Gasteiger partial charge in [0.1, 0.15) is 5.60 Å². The van der Waals surface area contributed by atoms with Gasteiger partial charge >= 0.3 is 12.1 Å². The molecular weight excluding hydrogens is 308 g/mol. The molecule has 1 unspecified atom stereocenters. The largest absolute Gasteiger partial charge is 0.479 e. The van der Waals surface area contributed by atoms with Gasteiger partial charge in [0.25, 0.3) is 0 Å². The number of ether oxygens (including phenoxy) is 1. The third kappa shape index (κ3) is 2.84. The molecule has 0 fully saturated rings. The minimum Gasteiger partial charge on any atom is -0.479 e. The number of aliphatic carboxylic acids is 1. The summed E-state index contributed by atoms with van der Waals surface area (Å²) in [5.41, 5.74) is 2.88. The lowest BCUT2D eigenvalue weighted by atomic mass is 9.97. The first-order valence-corrected chi connectivity index (χ1v) is 8.01. The minimum atomic E-state index is -1.06.